The number of rotatable bonds is 7. The first-order valence-electron chi connectivity index (χ1n) is 14.3. The molecule has 0 bridgehead atoms. The number of aromatic nitrogens is 7. The van der Waals surface area contributed by atoms with Crippen LogP contribution in [0.5, 0.6) is 0 Å². The Bertz CT molecular complexity index is 1710. The zero-order valence-electron chi connectivity index (χ0n) is 24.5. The maximum Gasteiger partial charge on any atom is 0.249 e. The highest BCUT2D eigenvalue weighted by Gasteiger charge is 2.53. The van der Waals surface area contributed by atoms with Crippen molar-refractivity contribution >= 4 is 29.0 Å². The summed E-state index contributed by atoms with van der Waals surface area (Å²) in [6, 6.07) is 6.90. The van der Waals surface area contributed by atoms with Crippen molar-refractivity contribution in [3.8, 4) is 5.82 Å². The van der Waals surface area contributed by atoms with Crippen LogP contribution in [0.3, 0.4) is 0 Å². The fraction of sp³-hybridized carbons (Fsp3) is 0.367. The molecule has 0 aromatic carbocycles. The van der Waals surface area contributed by atoms with Crippen LogP contribution < -0.4 is 5.32 Å². The van der Waals surface area contributed by atoms with Crippen molar-refractivity contribution in [1.82, 2.24) is 44.7 Å². The largest absolute Gasteiger partial charge is 0.326 e. The summed E-state index contributed by atoms with van der Waals surface area (Å²) in [4.78, 5) is 44.9. The van der Waals surface area contributed by atoms with Gasteiger partial charge in [-0.25, -0.2) is 24.0 Å². The van der Waals surface area contributed by atoms with Crippen LogP contribution in [-0.2, 0) is 9.59 Å². The van der Waals surface area contributed by atoms with Crippen molar-refractivity contribution in [1.29, 1.82) is 0 Å². The SMILES string of the molecule is CCN1C(=O)CN([C@@H](C)c2ccc(-n3cc(F)cn3)nc2)C(=O)C12CC=C(c1nc(C)cc(Nc3cc(C)[nH]n3)n1)CC2. The number of nitrogens with one attached hydrogen (secondary N) is 2. The number of halogens is 1. The molecule has 1 aliphatic carbocycles. The maximum absolute atomic E-state index is 14.3. The Kier molecular flexibility index (Phi) is 7.24. The molecule has 2 amide bonds. The molecule has 1 aliphatic heterocycles. The number of aryl methyl sites for hydroxylation is 2. The third kappa shape index (κ3) is 5.26. The summed E-state index contributed by atoms with van der Waals surface area (Å²) >= 11 is 0. The molecule has 1 saturated heterocycles. The molecular formula is C30H33FN10O2. The molecule has 2 N–H and O–H groups in total. The first-order valence-corrected chi connectivity index (χ1v) is 14.3. The minimum Gasteiger partial charge on any atom is -0.326 e. The van der Waals surface area contributed by atoms with Crippen LogP contribution in [0, 0.1) is 19.7 Å². The van der Waals surface area contributed by atoms with Crippen LogP contribution >= 0.6 is 0 Å². The van der Waals surface area contributed by atoms with Gasteiger partial charge in [-0.05, 0) is 64.2 Å². The van der Waals surface area contributed by atoms with Gasteiger partial charge < -0.3 is 15.1 Å². The Morgan fingerprint density at radius 2 is 1.98 bits per heavy atom. The van der Waals surface area contributed by atoms with E-state index in [-0.39, 0.29) is 18.4 Å². The summed E-state index contributed by atoms with van der Waals surface area (Å²) in [7, 11) is 0. The summed E-state index contributed by atoms with van der Waals surface area (Å²) in [6.45, 7) is 8.06. The smallest absolute Gasteiger partial charge is 0.249 e. The normalized spacial score (nSPS) is 19.6. The number of H-pyrrole nitrogens is 1. The third-order valence-corrected chi connectivity index (χ3v) is 8.20. The molecular weight excluding hydrogens is 551 g/mol. The van der Waals surface area contributed by atoms with Gasteiger partial charge in [-0.3, -0.25) is 14.7 Å². The van der Waals surface area contributed by atoms with Gasteiger partial charge in [-0.2, -0.15) is 10.2 Å². The number of carbonyl (C=O) groups excluding carboxylic acids is 2. The number of anilines is 2. The fourth-order valence-electron chi connectivity index (χ4n) is 5.97. The van der Waals surface area contributed by atoms with E-state index in [1.54, 1.807) is 22.1 Å². The van der Waals surface area contributed by atoms with E-state index in [0.29, 0.717) is 49.1 Å². The van der Waals surface area contributed by atoms with Crippen molar-refractivity contribution in [2.45, 2.75) is 58.5 Å². The average molecular weight is 585 g/mol. The van der Waals surface area contributed by atoms with Crippen LogP contribution in [0.15, 0.2) is 48.9 Å². The minimum absolute atomic E-state index is 0.0129. The molecule has 5 heterocycles. The second-order valence-corrected chi connectivity index (χ2v) is 11.0. The number of carbonyl (C=O) groups is 2. The highest BCUT2D eigenvalue weighted by Crippen LogP contribution is 2.41. The number of hydrogen-bond donors (Lipinski definition) is 2. The summed E-state index contributed by atoms with van der Waals surface area (Å²) < 4.78 is 14.7. The average Bonchev–Trinajstić information content (AvgIpc) is 3.62. The highest BCUT2D eigenvalue weighted by atomic mass is 19.1. The molecule has 1 unspecified atom stereocenters. The Labute approximate surface area is 248 Å². The van der Waals surface area contributed by atoms with Gasteiger partial charge in [-0.15, -0.1) is 0 Å². The predicted molar refractivity (Wildman–Crippen MR) is 157 cm³/mol. The second kappa shape index (κ2) is 11.0. The maximum atomic E-state index is 14.3. The van der Waals surface area contributed by atoms with Crippen molar-refractivity contribution in [2.75, 3.05) is 18.4 Å². The molecule has 6 rings (SSSR count). The van der Waals surface area contributed by atoms with E-state index in [9.17, 15) is 14.0 Å². The molecule has 43 heavy (non-hydrogen) atoms. The molecule has 0 radical (unpaired) electrons. The van der Waals surface area contributed by atoms with Gasteiger partial charge in [0.25, 0.3) is 0 Å². The number of nitrogens with zero attached hydrogens (tertiary/aromatic N) is 8. The Balaban J connectivity index is 1.24. The van der Waals surface area contributed by atoms with Gasteiger partial charge in [0, 0.05) is 36.3 Å². The summed E-state index contributed by atoms with van der Waals surface area (Å²) in [5.41, 5.74) is 2.46. The highest BCUT2D eigenvalue weighted by molar-refractivity contribution is 5.99. The van der Waals surface area contributed by atoms with Gasteiger partial charge in [0.2, 0.25) is 11.8 Å². The lowest BCUT2D eigenvalue weighted by atomic mass is 9.77. The molecule has 2 aliphatic rings. The number of amides is 2. The quantitative estimate of drug-likeness (QED) is 0.332. The first kappa shape index (κ1) is 28.2. The molecule has 4 aromatic rings. The van der Waals surface area contributed by atoms with Gasteiger partial charge in [0.05, 0.1) is 18.4 Å². The monoisotopic (exact) mass is 584 g/mol. The van der Waals surface area contributed by atoms with E-state index in [0.717, 1.165) is 28.7 Å². The van der Waals surface area contributed by atoms with Gasteiger partial charge in [-0.1, -0.05) is 12.1 Å². The zero-order chi connectivity index (χ0) is 30.3. The van der Waals surface area contributed by atoms with Gasteiger partial charge in [0.1, 0.15) is 17.9 Å². The van der Waals surface area contributed by atoms with E-state index in [1.165, 1.54) is 10.9 Å². The van der Waals surface area contributed by atoms with E-state index in [4.69, 9.17) is 4.98 Å². The lowest BCUT2D eigenvalue weighted by Gasteiger charge is -2.51. The van der Waals surface area contributed by atoms with E-state index in [2.05, 4.69) is 30.6 Å². The van der Waals surface area contributed by atoms with Crippen molar-refractivity contribution in [3.05, 3.63) is 77.5 Å². The van der Waals surface area contributed by atoms with Gasteiger partial charge >= 0.3 is 0 Å². The van der Waals surface area contributed by atoms with Gasteiger partial charge in [0.15, 0.2) is 23.3 Å². The Morgan fingerprint density at radius 1 is 1.14 bits per heavy atom. The molecule has 0 saturated carbocycles. The van der Waals surface area contributed by atoms with Crippen LogP contribution in [0.2, 0.25) is 0 Å². The minimum atomic E-state index is -0.987. The van der Waals surface area contributed by atoms with Crippen molar-refractivity contribution in [2.24, 2.45) is 0 Å². The molecule has 13 heteroatoms. The van der Waals surface area contributed by atoms with Crippen molar-refractivity contribution in [3.63, 3.8) is 0 Å². The first-order chi connectivity index (χ1) is 20.7. The topological polar surface area (TPSA) is 138 Å². The summed E-state index contributed by atoms with van der Waals surface area (Å²) in [6.07, 6.45) is 7.36. The lowest BCUT2D eigenvalue weighted by molar-refractivity contribution is -0.167. The zero-order valence-corrected chi connectivity index (χ0v) is 24.5. The third-order valence-electron chi connectivity index (χ3n) is 8.20. The fourth-order valence-corrected chi connectivity index (χ4v) is 5.97. The van der Waals surface area contributed by atoms with Crippen LogP contribution in [-0.4, -0.2) is 75.2 Å². The number of hydrogen-bond acceptors (Lipinski definition) is 8. The van der Waals surface area contributed by atoms with Crippen molar-refractivity contribution < 1.29 is 14.0 Å². The molecule has 1 spiro atoms. The molecule has 4 aromatic heterocycles. The number of piperazine rings is 1. The lowest BCUT2D eigenvalue weighted by Crippen LogP contribution is -2.68. The molecule has 12 nitrogen and oxygen atoms in total. The van der Waals surface area contributed by atoms with Crippen LogP contribution in [0.1, 0.15) is 61.9 Å². The molecule has 1 fully saturated rings. The van der Waals surface area contributed by atoms with E-state index >= 15 is 0 Å². The predicted octanol–water partition coefficient (Wildman–Crippen LogP) is 4.04. The number of pyridine rings is 1. The molecule has 2 atom stereocenters. The number of allylic oxidation sites excluding steroid dienone is 1. The van der Waals surface area contributed by atoms with Crippen LogP contribution in [0.25, 0.3) is 11.4 Å². The van der Waals surface area contributed by atoms with E-state index < -0.39 is 17.4 Å². The van der Waals surface area contributed by atoms with Crippen LogP contribution in [0.4, 0.5) is 16.0 Å². The standard InChI is InChI=1S/C30H33FN10O2/c1-5-40-27(42)17-39(20(4)22-6-7-26(32-14-22)41-16-23(31)15-33-41)29(43)30(40)10-8-21(9-11-30)28-34-18(2)12-24(36-28)35-25-13-19(3)37-38-25/h6-8,12-16,20H,5,9-11,17H2,1-4H3,(H2,34,35,36,37,38)/t20-,30?/m0/s1. The molecule has 222 valence electrons. The summed E-state index contributed by atoms with van der Waals surface area (Å²) in [5, 5.41) is 14.3. The number of aromatic amines is 1. The number of likely N-dealkylation sites (N-methyl/N-ethyl adjacent to an activating group) is 1. The summed E-state index contributed by atoms with van der Waals surface area (Å²) in [5.74, 6) is 1.71. The van der Waals surface area contributed by atoms with E-state index in [1.807, 2.05) is 52.0 Å². The Morgan fingerprint density at radius 3 is 2.60 bits per heavy atom. The second-order valence-electron chi connectivity index (χ2n) is 11.0. The Hall–Kier alpha value is -4.94.